The molecule has 1 N–H and O–H groups in total. The molecule has 0 unspecified atom stereocenters. The molecule has 1 aromatic heterocycles. The number of tetrazole rings is 1. The second-order valence-electron chi connectivity index (χ2n) is 7.75. The molecule has 4 rings (SSSR count). The lowest BCUT2D eigenvalue weighted by molar-refractivity contribution is -0.137. The van der Waals surface area contributed by atoms with Crippen LogP contribution in [0.3, 0.4) is 0 Å². The Bertz CT molecular complexity index is 1120. The summed E-state index contributed by atoms with van der Waals surface area (Å²) in [4.78, 5) is 28.2. The molecule has 2 aromatic carbocycles. The second kappa shape index (κ2) is 11.2. The van der Waals surface area contributed by atoms with Gasteiger partial charge in [-0.3, -0.25) is 9.69 Å². The number of rotatable bonds is 8. The number of carbonyl (C=O) groups excluding carboxylic acids is 2. The first-order chi connectivity index (χ1) is 16.6. The van der Waals surface area contributed by atoms with Gasteiger partial charge < -0.3 is 15.0 Å². The summed E-state index contributed by atoms with van der Waals surface area (Å²) in [5, 5.41) is 15.1. The van der Waals surface area contributed by atoms with Crippen LogP contribution in [0.15, 0.2) is 60.7 Å². The fraction of sp³-hybridized carbons (Fsp3) is 0.292. The Morgan fingerprint density at radius 3 is 2.47 bits per heavy atom. The van der Waals surface area contributed by atoms with Crippen LogP contribution in [-0.4, -0.2) is 76.3 Å². The number of benzene rings is 2. The van der Waals surface area contributed by atoms with Gasteiger partial charge in [0.25, 0.3) is 0 Å². The standard InChI is InChI=1S/C24H27N7O3/c1-2-34-23(33)13-10-19-8-11-20(12-9-19)25-22(32)18-29-14-16-30(17-15-29)24-26-27-28-31(24)21-6-4-3-5-7-21/h3-13H,2,14-18H2,1H3,(H,25,32)/b13-10+. The van der Waals surface area contributed by atoms with E-state index in [0.29, 0.717) is 24.8 Å². The van der Waals surface area contributed by atoms with Crippen LogP contribution in [0, 0.1) is 0 Å². The number of amides is 1. The summed E-state index contributed by atoms with van der Waals surface area (Å²) < 4.78 is 6.59. The maximum Gasteiger partial charge on any atom is 0.330 e. The van der Waals surface area contributed by atoms with E-state index in [9.17, 15) is 9.59 Å². The molecule has 0 atom stereocenters. The Hall–Kier alpha value is -4.05. The van der Waals surface area contributed by atoms with Gasteiger partial charge in [-0.25, -0.2) is 4.79 Å². The second-order valence-corrected chi connectivity index (χ2v) is 7.75. The summed E-state index contributed by atoms with van der Waals surface area (Å²) in [5.74, 6) is 0.251. The molecule has 0 saturated carbocycles. The Labute approximate surface area is 197 Å². The monoisotopic (exact) mass is 461 g/mol. The maximum atomic E-state index is 12.5. The molecule has 2 heterocycles. The van der Waals surface area contributed by atoms with Crippen molar-refractivity contribution in [3.8, 4) is 5.69 Å². The number of anilines is 2. The van der Waals surface area contributed by atoms with Gasteiger partial charge in [-0.1, -0.05) is 35.4 Å². The van der Waals surface area contributed by atoms with E-state index in [0.717, 1.165) is 37.4 Å². The van der Waals surface area contributed by atoms with Gasteiger partial charge in [0.1, 0.15) is 0 Å². The van der Waals surface area contributed by atoms with Crippen molar-refractivity contribution in [2.75, 3.05) is 49.5 Å². The zero-order valence-corrected chi connectivity index (χ0v) is 19.0. The molecule has 3 aromatic rings. The van der Waals surface area contributed by atoms with Gasteiger partial charge in [0.05, 0.1) is 18.8 Å². The van der Waals surface area contributed by atoms with E-state index in [1.807, 2.05) is 54.6 Å². The summed E-state index contributed by atoms with van der Waals surface area (Å²) in [7, 11) is 0. The molecule has 0 spiro atoms. The van der Waals surface area contributed by atoms with Crippen molar-refractivity contribution in [1.82, 2.24) is 25.1 Å². The minimum Gasteiger partial charge on any atom is -0.463 e. The van der Waals surface area contributed by atoms with E-state index < -0.39 is 0 Å². The smallest absolute Gasteiger partial charge is 0.330 e. The quantitative estimate of drug-likeness (QED) is 0.401. The average molecular weight is 462 g/mol. The van der Waals surface area contributed by atoms with Crippen molar-refractivity contribution in [2.45, 2.75) is 6.92 Å². The summed E-state index contributed by atoms with van der Waals surface area (Å²) >= 11 is 0. The highest BCUT2D eigenvalue weighted by molar-refractivity contribution is 5.92. The zero-order chi connectivity index (χ0) is 23.8. The highest BCUT2D eigenvalue weighted by Crippen LogP contribution is 2.17. The van der Waals surface area contributed by atoms with Gasteiger partial charge in [0.15, 0.2) is 0 Å². The van der Waals surface area contributed by atoms with Gasteiger partial charge >= 0.3 is 5.97 Å². The van der Waals surface area contributed by atoms with E-state index >= 15 is 0 Å². The number of hydrogen-bond donors (Lipinski definition) is 1. The van der Waals surface area contributed by atoms with E-state index in [-0.39, 0.29) is 11.9 Å². The van der Waals surface area contributed by atoms with Crippen molar-refractivity contribution in [3.63, 3.8) is 0 Å². The van der Waals surface area contributed by atoms with Crippen LogP contribution in [0.1, 0.15) is 12.5 Å². The van der Waals surface area contributed by atoms with Crippen molar-refractivity contribution >= 4 is 29.6 Å². The van der Waals surface area contributed by atoms with E-state index in [2.05, 4.69) is 30.6 Å². The number of para-hydroxylation sites is 1. The number of esters is 1. The Balaban J connectivity index is 1.25. The fourth-order valence-corrected chi connectivity index (χ4v) is 3.66. The van der Waals surface area contributed by atoms with Crippen LogP contribution in [0.4, 0.5) is 11.6 Å². The molecule has 0 bridgehead atoms. The topological polar surface area (TPSA) is 105 Å². The minimum absolute atomic E-state index is 0.0719. The summed E-state index contributed by atoms with van der Waals surface area (Å²) in [5.41, 5.74) is 2.46. The maximum absolute atomic E-state index is 12.5. The number of hydrogen-bond acceptors (Lipinski definition) is 8. The molecule has 1 amide bonds. The van der Waals surface area contributed by atoms with Crippen LogP contribution in [0.5, 0.6) is 0 Å². The third kappa shape index (κ3) is 6.04. The van der Waals surface area contributed by atoms with Crippen molar-refractivity contribution in [3.05, 3.63) is 66.2 Å². The van der Waals surface area contributed by atoms with Crippen LogP contribution < -0.4 is 10.2 Å². The molecule has 1 aliphatic rings. The first-order valence-electron chi connectivity index (χ1n) is 11.2. The van der Waals surface area contributed by atoms with E-state index in [4.69, 9.17) is 4.74 Å². The summed E-state index contributed by atoms with van der Waals surface area (Å²) in [6, 6.07) is 17.1. The highest BCUT2D eigenvalue weighted by Gasteiger charge is 2.23. The summed E-state index contributed by atoms with van der Waals surface area (Å²) in [6.07, 6.45) is 3.06. The number of nitrogens with zero attached hydrogens (tertiary/aromatic N) is 6. The third-order valence-corrected chi connectivity index (χ3v) is 5.37. The fourth-order valence-electron chi connectivity index (χ4n) is 3.66. The van der Waals surface area contributed by atoms with Crippen LogP contribution >= 0.6 is 0 Å². The zero-order valence-electron chi connectivity index (χ0n) is 19.0. The molecule has 10 nitrogen and oxygen atoms in total. The van der Waals surface area contributed by atoms with Gasteiger partial charge in [-0.2, -0.15) is 4.68 Å². The van der Waals surface area contributed by atoms with Crippen LogP contribution in [0.25, 0.3) is 11.8 Å². The van der Waals surface area contributed by atoms with Crippen LogP contribution in [0.2, 0.25) is 0 Å². The van der Waals surface area contributed by atoms with Crippen molar-refractivity contribution in [2.24, 2.45) is 0 Å². The lowest BCUT2D eigenvalue weighted by Gasteiger charge is -2.34. The van der Waals surface area contributed by atoms with E-state index in [1.165, 1.54) is 6.08 Å². The van der Waals surface area contributed by atoms with Crippen molar-refractivity contribution < 1.29 is 14.3 Å². The van der Waals surface area contributed by atoms with Crippen LogP contribution in [-0.2, 0) is 14.3 Å². The molecular formula is C24H27N7O3. The largest absolute Gasteiger partial charge is 0.463 e. The van der Waals surface area contributed by atoms with E-state index in [1.54, 1.807) is 17.7 Å². The average Bonchev–Trinajstić information content (AvgIpc) is 3.35. The molecule has 1 aliphatic heterocycles. The molecule has 0 aliphatic carbocycles. The number of aromatic nitrogens is 4. The number of piperazine rings is 1. The Morgan fingerprint density at radius 1 is 1.03 bits per heavy atom. The normalized spacial score (nSPS) is 14.3. The molecule has 1 fully saturated rings. The predicted octanol–water partition coefficient (Wildman–Crippen LogP) is 2.00. The first kappa shape index (κ1) is 23.1. The predicted molar refractivity (Wildman–Crippen MR) is 129 cm³/mol. The number of nitrogens with one attached hydrogen (secondary N) is 1. The van der Waals surface area contributed by atoms with Gasteiger partial charge in [-0.05, 0) is 53.3 Å². The molecule has 1 saturated heterocycles. The summed E-state index contributed by atoms with van der Waals surface area (Å²) in [6.45, 7) is 5.32. The Kier molecular flexibility index (Phi) is 7.61. The number of ether oxygens (including phenoxy) is 1. The van der Waals surface area contributed by atoms with Gasteiger partial charge in [0.2, 0.25) is 11.9 Å². The first-order valence-corrected chi connectivity index (χ1v) is 11.2. The molecule has 10 heteroatoms. The van der Waals surface area contributed by atoms with Gasteiger partial charge in [-0.15, -0.1) is 0 Å². The number of carbonyl (C=O) groups is 2. The highest BCUT2D eigenvalue weighted by atomic mass is 16.5. The van der Waals surface area contributed by atoms with Crippen molar-refractivity contribution in [1.29, 1.82) is 0 Å². The SMILES string of the molecule is CCOC(=O)/C=C/c1ccc(NC(=O)CN2CCN(c3nnnn3-c3ccccc3)CC2)cc1. The molecule has 176 valence electrons. The third-order valence-electron chi connectivity index (χ3n) is 5.37. The van der Waals surface area contributed by atoms with Gasteiger partial charge in [0, 0.05) is 37.9 Å². The molecular weight excluding hydrogens is 434 g/mol. The lowest BCUT2D eigenvalue weighted by atomic mass is 10.2. The molecule has 0 radical (unpaired) electrons. The minimum atomic E-state index is -0.378. The molecule has 34 heavy (non-hydrogen) atoms. The Morgan fingerprint density at radius 2 is 1.76 bits per heavy atom. The lowest BCUT2D eigenvalue weighted by Crippen LogP contribution is -2.49.